The second-order valence-electron chi connectivity index (χ2n) is 16.5. The molecule has 1 atom stereocenters. The fourth-order valence-electron chi connectivity index (χ4n) is 9.10. The number of hydrogen-bond acceptors (Lipinski definition) is 6. The molecule has 6 aromatic carbocycles. The summed E-state index contributed by atoms with van der Waals surface area (Å²) in [5.41, 5.74) is 6.90. The molecule has 318 valence electrons. The van der Waals surface area contributed by atoms with Gasteiger partial charge in [0.05, 0.1) is 11.0 Å². The van der Waals surface area contributed by atoms with Gasteiger partial charge in [-0.25, -0.2) is 14.5 Å². The van der Waals surface area contributed by atoms with Crippen molar-refractivity contribution in [3.8, 4) is 5.75 Å². The van der Waals surface area contributed by atoms with Crippen molar-refractivity contribution in [2.45, 2.75) is 82.5 Å². The molecule has 0 spiro atoms. The van der Waals surface area contributed by atoms with Gasteiger partial charge in [-0.05, 0) is 82.3 Å². The fourth-order valence-corrected chi connectivity index (χ4v) is 9.10. The van der Waals surface area contributed by atoms with Crippen LogP contribution < -0.4 is 15.0 Å². The molecule has 1 N–H and O–H groups in total. The number of fused-ring (bicyclic) bond motifs is 1. The lowest BCUT2D eigenvalue weighted by molar-refractivity contribution is 0.222. The second kappa shape index (κ2) is 18.9. The number of urea groups is 1. The molecule has 0 aliphatic heterocycles. The van der Waals surface area contributed by atoms with Gasteiger partial charge < -0.3 is 14.6 Å². The third kappa shape index (κ3) is 8.58. The van der Waals surface area contributed by atoms with Gasteiger partial charge in [0.15, 0.2) is 11.9 Å². The van der Waals surface area contributed by atoms with Crippen LogP contribution in [0.15, 0.2) is 164 Å². The molecule has 1 aliphatic rings. The molecule has 2 heterocycles. The van der Waals surface area contributed by atoms with Gasteiger partial charge in [-0.3, -0.25) is 4.90 Å². The highest BCUT2D eigenvalue weighted by molar-refractivity contribution is 5.94. The summed E-state index contributed by atoms with van der Waals surface area (Å²) >= 11 is 0. The van der Waals surface area contributed by atoms with E-state index >= 15 is 0 Å². The monoisotopic (exact) mass is 834 g/mol. The first-order valence-electron chi connectivity index (χ1n) is 22.3. The Morgan fingerprint density at radius 2 is 1.38 bits per heavy atom. The van der Waals surface area contributed by atoms with E-state index in [4.69, 9.17) is 20.0 Å². The van der Waals surface area contributed by atoms with Crippen LogP contribution >= 0.6 is 0 Å². The first-order chi connectivity index (χ1) is 31.0. The summed E-state index contributed by atoms with van der Waals surface area (Å²) in [5.74, 6) is 2.27. The SMILES string of the molecule is CCCCc1nc2ccc(N(C)C(=O)NC3CCCCC3)cc2n1Cc1ccc(OC(c2ccccc2)c2nnnn2C(c2ccccc2)(c2ccccc2)c2ccccc2)cc1. The molecule has 1 aliphatic carbocycles. The van der Waals surface area contributed by atoms with Crippen LogP contribution in [0.5, 0.6) is 5.75 Å². The zero-order valence-corrected chi connectivity index (χ0v) is 36.1. The number of hydrogen-bond donors (Lipinski definition) is 1. The van der Waals surface area contributed by atoms with Crippen molar-refractivity contribution in [3.05, 3.63) is 203 Å². The van der Waals surface area contributed by atoms with Crippen molar-refractivity contribution in [2.24, 2.45) is 0 Å². The summed E-state index contributed by atoms with van der Waals surface area (Å²) in [6, 6.07) is 56.0. The summed E-state index contributed by atoms with van der Waals surface area (Å²) in [6.07, 6.45) is 7.97. The van der Waals surface area contributed by atoms with Crippen molar-refractivity contribution in [2.75, 3.05) is 11.9 Å². The zero-order valence-electron chi connectivity index (χ0n) is 36.1. The third-order valence-electron chi connectivity index (χ3n) is 12.4. The Kier molecular flexibility index (Phi) is 12.4. The lowest BCUT2D eigenvalue weighted by Gasteiger charge is -2.37. The number of aryl methyl sites for hydroxylation is 1. The molecule has 10 heteroatoms. The van der Waals surface area contributed by atoms with Crippen LogP contribution in [0.1, 0.15) is 97.4 Å². The fraction of sp³-hybridized carbons (Fsp3) is 0.264. The van der Waals surface area contributed by atoms with Crippen molar-refractivity contribution < 1.29 is 9.53 Å². The molecular weight excluding hydrogens is 781 g/mol. The van der Waals surface area contributed by atoms with E-state index < -0.39 is 11.6 Å². The standard InChI is InChI=1S/C53H54N8O2/c1-3-4-30-49-55-47-36-33-45(59(2)52(62)54-44-28-18-9-19-29-44)37-48(47)60(49)38-39-31-34-46(35-32-39)63-50(40-20-10-5-11-21-40)51-56-57-58-61(51)53(41-22-12-6-13-23-41,42-24-14-7-15-25-42)43-26-16-8-17-27-43/h5-8,10-17,20-27,31-37,44,50H,3-4,9,18-19,28-30,38H2,1-2H3,(H,54,62). The van der Waals surface area contributed by atoms with E-state index in [1.54, 1.807) is 4.90 Å². The van der Waals surface area contributed by atoms with Gasteiger partial charge in [0.2, 0.25) is 0 Å². The predicted octanol–water partition coefficient (Wildman–Crippen LogP) is 10.9. The first kappa shape index (κ1) is 41.3. The van der Waals surface area contributed by atoms with Crippen LogP contribution in [0.3, 0.4) is 0 Å². The number of nitrogens with one attached hydrogen (secondary N) is 1. The minimum atomic E-state index is -0.931. The summed E-state index contributed by atoms with van der Waals surface area (Å²) < 4.78 is 11.3. The maximum absolute atomic E-state index is 13.4. The molecule has 1 saturated carbocycles. The molecule has 2 aromatic heterocycles. The van der Waals surface area contributed by atoms with E-state index in [0.29, 0.717) is 18.1 Å². The maximum atomic E-state index is 13.4. The number of carbonyl (C=O) groups is 1. The summed E-state index contributed by atoms with van der Waals surface area (Å²) in [4.78, 5) is 20.2. The van der Waals surface area contributed by atoms with Crippen LogP contribution in [0, 0.1) is 0 Å². The molecule has 10 nitrogen and oxygen atoms in total. The average Bonchev–Trinajstić information content (AvgIpc) is 3.97. The van der Waals surface area contributed by atoms with Crippen LogP contribution in [0.25, 0.3) is 11.0 Å². The number of benzene rings is 6. The molecule has 0 radical (unpaired) electrons. The molecule has 9 rings (SSSR count). The van der Waals surface area contributed by atoms with Gasteiger partial charge in [-0.1, -0.05) is 166 Å². The number of nitrogens with zero attached hydrogens (tertiary/aromatic N) is 7. The Balaban J connectivity index is 1.05. The van der Waals surface area contributed by atoms with Gasteiger partial charge in [0, 0.05) is 37.3 Å². The molecular formula is C53H54N8O2. The van der Waals surface area contributed by atoms with E-state index in [-0.39, 0.29) is 12.1 Å². The molecule has 8 aromatic rings. The van der Waals surface area contributed by atoms with Crippen molar-refractivity contribution >= 4 is 22.8 Å². The highest BCUT2D eigenvalue weighted by Gasteiger charge is 2.43. The number of aromatic nitrogens is 6. The third-order valence-corrected chi connectivity index (χ3v) is 12.4. The Labute approximate surface area is 369 Å². The van der Waals surface area contributed by atoms with E-state index in [9.17, 15) is 4.79 Å². The van der Waals surface area contributed by atoms with Gasteiger partial charge in [-0.2, -0.15) is 0 Å². The smallest absolute Gasteiger partial charge is 0.321 e. The number of rotatable bonds is 15. The highest BCUT2D eigenvalue weighted by Crippen LogP contribution is 2.42. The molecule has 0 bridgehead atoms. The number of imidazole rings is 1. The molecule has 1 fully saturated rings. The quantitative estimate of drug-likeness (QED) is 0.103. The molecule has 63 heavy (non-hydrogen) atoms. The van der Waals surface area contributed by atoms with Crippen LogP contribution in [-0.4, -0.2) is 48.9 Å². The Bertz CT molecular complexity index is 2620. The number of carbonyl (C=O) groups excluding carboxylic acids is 1. The van der Waals surface area contributed by atoms with E-state index in [1.807, 2.05) is 72.4 Å². The summed E-state index contributed by atoms with van der Waals surface area (Å²) in [5, 5.41) is 17.2. The summed E-state index contributed by atoms with van der Waals surface area (Å²) in [6.45, 7) is 2.82. The second-order valence-corrected chi connectivity index (χ2v) is 16.5. The first-order valence-corrected chi connectivity index (χ1v) is 22.3. The summed E-state index contributed by atoms with van der Waals surface area (Å²) in [7, 11) is 1.85. The molecule has 0 saturated heterocycles. The lowest BCUT2D eigenvalue weighted by atomic mass is 9.77. The van der Waals surface area contributed by atoms with Gasteiger partial charge in [0.1, 0.15) is 17.1 Å². The predicted molar refractivity (Wildman–Crippen MR) is 249 cm³/mol. The van der Waals surface area contributed by atoms with Gasteiger partial charge in [-0.15, -0.1) is 5.10 Å². The Morgan fingerprint density at radius 3 is 1.98 bits per heavy atom. The zero-order chi connectivity index (χ0) is 43.0. The molecule has 2 amide bonds. The van der Waals surface area contributed by atoms with Crippen LogP contribution in [0.2, 0.25) is 0 Å². The number of anilines is 1. The van der Waals surface area contributed by atoms with Crippen molar-refractivity contribution in [3.63, 3.8) is 0 Å². The minimum absolute atomic E-state index is 0.0668. The number of tetrazole rings is 1. The van der Waals surface area contributed by atoms with Gasteiger partial charge >= 0.3 is 6.03 Å². The average molecular weight is 835 g/mol. The number of unbranched alkanes of at least 4 members (excludes halogenated alkanes) is 1. The minimum Gasteiger partial charge on any atom is -0.478 e. The maximum Gasteiger partial charge on any atom is 0.321 e. The Morgan fingerprint density at radius 1 is 0.778 bits per heavy atom. The van der Waals surface area contributed by atoms with E-state index in [0.717, 1.165) is 82.5 Å². The van der Waals surface area contributed by atoms with E-state index in [2.05, 4.69) is 125 Å². The Hall–Kier alpha value is -7.07. The van der Waals surface area contributed by atoms with Crippen molar-refractivity contribution in [1.29, 1.82) is 0 Å². The van der Waals surface area contributed by atoms with E-state index in [1.165, 1.54) is 19.3 Å². The van der Waals surface area contributed by atoms with Crippen molar-refractivity contribution in [1.82, 2.24) is 35.1 Å². The van der Waals surface area contributed by atoms with Crippen LogP contribution in [-0.2, 0) is 18.5 Å². The lowest BCUT2D eigenvalue weighted by Crippen LogP contribution is -2.43. The normalized spacial score (nSPS) is 13.7. The molecule has 1 unspecified atom stereocenters. The topological polar surface area (TPSA) is 103 Å². The largest absolute Gasteiger partial charge is 0.478 e. The van der Waals surface area contributed by atoms with Crippen LogP contribution in [0.4, 0.5) is 10.5 Å². The number of ether oxygens (including phenoxy) is 1. The number of amides is 2. The highest BCUT2D eigenvalue weighted by atomic mass is 16.5. The van der Waals surface area contributed by atoms with Gasteiger partial charge in [0.25, 0.3) is 0 Å².